The van der Waals surface area contributed by atoms with Crippen molar-refractivity contribution in [1.29, 1.82) is 0 Å². The molecule has 1 aromatic carbocycles. The van der Waals surface area contributed by atoms with E-state index in [9.17, 15) is 4.79 Å². The maximum Gasteiger partial charge on any atom is 0.330 e. The maximum atomic E-state index is 13.3. The van der Waals surface area contributed by atoms with Gasteiger partial charge in [-0.05, 0) is 61.6 Å². The molecule has 4 aromatic rings. The summed E-state index contributed by atoms with van der Waals surface area (Å²) in [7, 11) is 0. The molecule has 0 atom stereocenters. The second kappa shape index (κ2) is 9.31. The van der Waals surface area contributed by atoms with Crippen molar-refractivity contribution in [2.75, 3.05) is 0 Å². The maximum absolute atomic E-state index is 13.3. The molecule has 0 bridgehead atoms. The number of hydrogen-bond acceptors (Lipinski definition) is 5. The molecule has 8 nitrogen and oxygen atoms in total. The first kappa shape index (κ1) is 22.9. The van der Waals surface area contributed by atoms with E-state index in [1.54, 1.807) is 17.0 Å². The summed E-state index contributed by atoms with van der Waals surface area (Å²) < 4.78 is 3.51. The van der Waals surface area contributed by atoms with Gasteiger partial charge in [-0.25, -0.2) is 4.79 Å². The van der Waals surface area contributed by atoms with Crippen LogP contribution < -0.4 is 5.69 Å². The Morgan fingerprint density at radius 2 is 1.85 bits per heavy atom. The minimum atomic E-state index is -0.392. The highest BCUT2D eigenvalue weighted by Gasteiger charge is 2.26. The Hall–Kier alpha value is -3.26. The van der Waals surface area contributed by atoms with Crippen molar-refractivity contribution in [3.63, 3.8) is 0 Å². The SMILES string of the molecule is CCCCc1c(Cl)n(C(C)(C)C)c(=O)n1Cc1ccc(-c2ccncc2-c2nn[nH]n2)cc1. The Labute approximate surface area is 197 Å². The minimum Gasteiger partial charge on any atom is -0.290 e. The van der Waals surface area contributed by atoms with Crippen molar-refractivity contribution < 1.29 is 0 Å². The molecule has 0 saturated heterocycles. The van der Waals surface area contributed by atoms with Gasteiger partial charge in [0.2, 0.25) is 5.82 Å². The summed E-state index contributed by atoms with van der Waals surface area (Å²) in [4.78, 5) is 17.5. The van der Waals surface area contributed by atoms with Gasteiger partial charge in [-0.3, -0.25) is 14.1 Å². The van der Waals surface area contributed by atoms with Crippen molar-refractivity contribution >= 4 is 11.6 Å². The molecule has 1 N–H and O–H groups in total. The number of imidazole rings is 1. The number of aromatic amines is 1. The van der Waals surface area contributed by atoms with Crippen LogP contribution in [0.1, 0.15) is 51.8 Å². The molecule has 4 rings (SSSR count). The average molecular weight is 466 g/mol. The molecule has 0 amide bonds. The Bertz CT molecular complexity index is 1280. The summed E-state index contributed by atoms with van der Waals surface area (Å²) in [5, 5.41) is 14.8. The van der Waals surface area contributed by atoms with Gasteiger partial charge in [0.1, 0.15) is 5.15 Å². The lowest BCUT2D eigenvalue weighted by Crippen LogP contribution is -2.35. The van der Waals surface area contributed by atoms with Gasteiger partial charge in [-0.1, -0.05) is 49.2 Å². The molecule has 172 valence electrons. The molecule has 0 saturated carbocycles. The molecule has 0 fully saturated rings. The first-order valence-corrected chi connectivity index (χ1v) is 11.5. The smallest absolute Gasteiger partial charge is 0.290 e. The van der Waals surface area contributed by atoms with Gasteiger partial charge in [0, 0.05) is 23.5 Å². The quantitative estimate of drug-likeness (QED) is 0.427. The van der Waals surface area contributed by atoms with E-state index >= 15 is 0 Å². The van der Waals surface area contributed by atoms with E-state index in [2.05, 4.69) is 32.5 Å². The molecular formula is C24H28ClN7O. The van der Waals surface area contributed by atoms with E-state index in [4.69, 9.17) is 11.6 Å². The van der Waals surface area contributed by atoms with Crippen LogP contribution in [0.15, 0.2) is 47.5 Å². The monoisotopic (exact) mass is 465 g/mol. The lowest BCUT2D eigenvalue weighted by Gasteiger charge is -2.20. The zero-order chi connectivity index (χ0) is 23.6. The van der Waals surface area contributed by atoms with E-state index < -0.39 is 5.54 Å². The zero-order valence-electron chi connectivity index (χ0n) is 19.3. The van der Waals surface area contributed by atoms with Crippen LogP contribution in [0.3, 0.4) is 0 Å². The third-order valence-electron chi connectivity index (χ3n) is 5.63. The van der Waals surface area contributed by atoms with Gasteiger partial charge in [-0.15, -0.1) is 10.2 Å². The van der Waals surface area contributed by atoms with Crippen LogP contribution >= 0.6 is 11.6 Å². The number of nitrogens with zero attached hydrogens (tertiary/aromatic N) is 6. The first-order chi connectivity index (χ1) is 15.8. The summed E-state index contributed by atoms with van der Waals surface area (Å²) in [5.74, 6) is 0.493. The average Bonchev–Trinajstić information content (AvgIpc) is 3.40. The molecule has 0 aliphatic rings. The van der Waals surface area contributed by atoms with Crippen molar-refractivity contribution in [2.45, 2.75) is 59.0 Å². The van der Waals surface area contributed by atoms with E-state index in [1.165, 1.54) is 0 Å². The fraction of sp³-hybridized carbons (Fsp3) is 0.375. The van der Waals surface area contributed by atoms with Gasteiger partial charge in [0.05, 0.1) is 12.2 Å². The molecule has 0 aliphatic carbocycles. The fourth-order valence-corrected chi connectivity index (χ4v) is 4.48. The third-order valence-corrected chi connectivity index (χ3v) is 6.02. The standard InChI is InChI=1S/C24H28ClN7O/c1-5-6-7-20-21(25)32(24(2,3)4)23(33)31(20)15-16-8-10-17(11-9-16)18-12-13-26-14-19(18)22-27-29-30-28-22/h8-14H,5-7,15H2,1-4H3,(H,27,28,29,30). The van der Waals surface area contributed by atoms with Crippen molar-refractivity contribution in [3.8, 4) is 22.5 Å². The summed E-state index contributed by atoms with van der Waals surface area (Å²) >= 11 is 6.71. The highest BCUT2D eigenvalue weighted by atomic mass is 35.5. The Morgan fingerprint density at radius 1 is 1.09 bits per heavy atom. The Kier molecular flexibility index (Phi) is 6.47. The molecule has 33 heavy (non-hydrogen) atoms. The van der Waals surface area contributed by atoms with Crippen LogP contribution in [0.25, 0.3) is 22.5 Å². The van der Waals surface area contributed by atoms with Crippen LogP contribution in [0.4, 0.5) is 0 Å². The first-order valence-electron chi connectivity index (χ1n) is 11.1. The zero-order valence-corrected chi connectivity index (χ0v) is 20.1. The largest absolute Gasteiger partial charge is 0.330 e. The van der Waals surface area contributed by atoms with Crippen molar-refractivity contribution in [1.82, 2.24) is 34.7 Å². The van der Waals surface area contributed by atoms with E-state index in [1.807, 2.05) is 55.7 Å². The van der Waals surface area contributed by atoms with Crippen LogP contribution in [-0.4, -0.2) is 34.7 Å². The molecular weight excluding hydrogens is 438 g/mol. The Morgan fingerprint density at radius 3 is 2.48 bits per heavy atom. The molecule has 3 heterocycles. The van der Waals surface area contributed by atoms with Crippen LogP contribution in [0, 0.1) is 0 Å². The molecule has 0 unspecified atom stereocenters. The molecule has 3 aromatic heterocycles. The van der Waals surface area contributed by atoms with Gasteiger partial charge >= 0.3 is 5.69 Å². The third kappa shape index (κ3) is 4.61. The number of aromatic nitrogens is 7. The van der Waals surface area contributed by atoms with Gasteiger partial charge in [-0.2, -0.15) is 5.21 Å². The number of nitrogens with one attached hydrogen (secondary N) is 1. The van der Waals surface area contributed by atoms with E-state index in [0.717, 1.165) is 47.2 Å². The van der Waals surface area contributed by atoms with Crippen LogP contribution in [-0.2, 0) is 18.5 Å². The number of halogens is 1. The molecule has 0 spiro atoms. The van der Waals surface area contributed by atoms with E-state index in [-0.39, 0.29) is 5.69 Å². The predicted octanol–water partition coefficient (Wildman–Crippen LogP) is 4.69. The lowest BCUT2D eigenvalue weighted by molar-refractivity contribution is 0.380. The summed E-state index contributed by atoms with van der Waals surface area (Å²) in [5.41, 5.74) is 4.22. The highest BCUT2D eigenvalue weighted by molar-refractivity contribution is 6.30. The predicted molar refractivity (Wildman–Crippen MR) is 129 cm³/mol. The number of H-pyrrole nitrogens is 1. The van der Waals surface area contributed by atoms with Crippen molar-refractivity contribution in [2.24, 2.45) is 0 Å². The molecule has 0 aliphatic heterocycles. The highest BCUT2D eigenvalue weighted by Crippen LogP contribution is 2.29. The fourth-order valence-electron chi connectivity index (χ4n) is 3.96. The summed E-state index contributed by atoms with van der Waals surface area (Å²) in [6, 6.07) is 10.1. The van der Waals surface area contributed by atoms with Crippen molar-refractivity contribution in [3.05, 3.63) is 69.6 Å². The van der Waals surface area contributed by atoms with Crippen LogP contribution in [0.5, 0.6) is 0 Å². The Balaban J connectivity index is 1.68. The molecule has 0 radical (unpaired) electrons. The van der Waals surface area contributed by atoms with Gasteiger partial charge in [0.25, 0.3) is 0 Å². The number of hydrogen-bond donors (Lipinski definition) is 1. The normalized spacial score (nSPS) is 11.8. The van der Waals surface area contributed by atoms with Crippen LogP contribution in [0.2, 0.25) is 5.15 Å². The molecule has 9 heteroatoms. The second-order valence-electron chi connectivity index (χ2n) is 9.07. The number of rotatable bonds is 7. The lowest BCUT2D eigenvalue weighted by atomic mass is 10.00. The van der Waals surface area contributed by atoms with E-state index in [0.29, 0.717) is 17.5 Å². The number of tetrazole rings is 1. The number of unbranched alkanes of at least 4 members (excludes halogenated alkanes) is 1. The second-order valence-corrected chi connectivity index (χ2v) is 9.43. The number of pyridine rings is 1. The topological polar surface area (TPSA) is 94.3 Å². The minimum absolute atomic E-state index is 0.0730. The van der Waals surface area contributed by atoms with Gasteiger partial charge < -0.3 is 0 Å². The summed E-state index contributed by atoms with van der Waals surface area (Å²) in [6.45, 7) is 8.60. The number of benzene rings is 1. The van der Waals surface area contributed by atoms with Gasteiger partial charge in [0.15, 0.2) is 0 Å². The summed E-state index contributed by atoms with van der Waals surface area (Å²) in [6.07, 6.45) is 6.26.